The first-order valence-corrected chi connectivity index (χ1v) is 13.8. The third-order valence-corrected chi connectivity index (χ3v) is 6.14. The standard InChI is InChI=1S/3C12H10N2O.Ce.ClH/c3*15-14-12(10-6-2-1-3-7-10)11-8-4-5-9-13-11;;/h3*1-9,15H;;1H/q;;;+3;/p-4/b3*14-12+;;. The average Bonchev–Trinajstić information content (AvgIpc) is 3.13. The molecule has 0 unspecified atom stereocenters. The molecule has 0 aliphatic carbocycles. The third kappa shape index (κ3) is 11.8. The van der Waals surface area contributed by atoms with Gasteiger partial charge in [0.25, 0.3) is 0 Å². The minimum absolute atomic E-state index is 0. The van der Waals surface area contributed by atoms with Crippen molar-refractivity contribution in [3.8, 4) is 0 Å². The van der Waals surface area contributed by atoms with Gasteiger partial charge in [-0.3, -0.25) is 15.0 Å². The smallest absolute Gasteiger partial charge is 1.00 e. The van der Waals surface area contributed by atoms with Gasteiger partial charge in [0.05, 0.1) is 34.2 Å². The van der Waals surface area contributed by atoms with Crippen LogP contribution in [0.3, 0.4) is 0 Å². The van der Waals surface area contributed by atoms with Crippen LogP contribution in [0.5, 0.6) is 0 Å². The van der Waals surface area contributed by atoms with E-state index in [0.717, 1.165) is 16.7 Å². The second-order valence-electron chi connectivity index (χ2n) is 9.06. The van der Waals surface area contributed by atoms with Crippen molar-refractivity contribution in [1.82, 2.24) is 15.0 Å². The number of pyridine rings is 3. The molecular formula is C36H27CeClN6O3-. The van der Waals surface area contributed by atoms with Crippen LogP contribution in [-0.2, 0) is 0 Å². The zero-order chi connectivity index (χ0) is 31.5. The van der Waals surface area contributed by atoms with Crippen molar-refractivity contribution in [2.75, 3.05) is 0 Å². The summed E-state index contributed by atoms with van der Waals surface area (Å²) in [5.74, 6) is 0. The topological polar surface area (TPSA) is 145 Å². The Morgan fingerprint density at radius 3 is 0.787 bits per heavy atom. The number of nitrogens with zero attached hydrogens (tertiary/aromatic N) is 6. The molecule has 11 heteroatoms. The first kappa shape index (κ1) is 38.4. The van der Waals surface area contributed by atoms with Crippen LogP contribution in [0.2, 0.25) is 0 Å². The molecule has 3 aromatic heterocycles. The minimum atomic E-state index is 0. The van der Waals surface area contributed by atoms with Crippen molar-refractivity contribution >= 4 is 17.1 Å². The zero-order valence-corrected chi connectivity index (χ0v) is 28.8. The molecule has 0 N–H and O–H groups in total. The first-order valence-electron chi connectivity index (χ1n) is 13.8. The molecule has 3 aromatic carbocycles. The molecular weight excluding hydrogens is 740 g/mol. The van der Waals surface area contributed by atoms with Gasteiger partial charge < -0.3 is 43.5 Å². The van der Waals surface area contributed by atoms with E-state index in [1.807, 2.05) is 109 Å². The Bertz CT molecular complexity index is 1460. The Morgan fingerprint density at radius 1 is 0.362 bits per heavy atom. The predicted molar refractivity (Wildman–Crippen MR) is 179 cm³/mol. The van der Waals surface area contributed by atoms with Crippen LogP contribution in [0.4, 0.5) is 0 Å². The quantitative estimate of drug-likeness (QED) is 0.183. The number of hydrogen-bond donors (Lipinski definition) is 0. The molecule has 3 heterocycles. The first-order chi connectivity index (χ1) is 22.2. The van der Waals surface area contributed by atoms with Gasteiger partial charge in [-0.05, 0) is 36.4 Å². The van der Waals surface area contributed by atoms with E-state index in [-0.39, 0.29) is 54.2 Å². The fourth-order valence-corrected chi connectivity index (χ4v) is 4.04. The monoisotopic (exact) mass is 766 g/mol. The fourth-order valence-electron chi connectivity index (χ4n) is 4.04. The van der Waals surface area contributed by atoms with E-state index in [4.69, 9.17) is 0 Å². The third-order valence-electron chi connectivity index (χ3n) is 6.14. The Balaban J connectivity index is 0.000000240. The van der Waals surface area contributed by atoms with E-state index in [2.05, 4.69) is 30.4 Å². The molecule has 1 radical (unpaired) electrons. The van der Waals surface area contributed by atoms with Crippen molar-refractivity contribution in [1.29, 1.82) is 0 Å². The summed E-state index contributed by atoms with van der Waals surface area (Å²) in [7, 11) is 0. The van der Waals surface area contributed by atoms with Crippen molar-refractivity contribution in [2.24, 2.45) is 15.5 Å². The van der Waals surface area contributed by atoms with Gasteiger partial charge >= 0.3 is 41.7 Å². The van der Waals surface area contributed by atoms with Crippen LogP contribution in [-0.4, -0.2) is 32.1 Å². The number of aromatic nitrogens is 3. The second-order valence-corrected chi connectivity index (χ2v) is 9.06. The Morgan fingerprint density at radius 2 is 0.596 bits per heavy atom. The van der Waals surface area contributed by atoms with Crippen LogP contribution in [0.25, 0.3) is 0 Å². The molecule has 0 spiro atoms. The molecule has 0 saturated heterocycles. The van der Waals surface area contributed by atoms with Crippen molar-refractivity contribution in [3.63, 3.8) is 0 Å². The molecule has 47 heavy (non-hydrogen) atoms. The molecule has 231 valence electrons. The normalized spacial score (nSPS) is 10.9. The summed E-state index contributed by atoms with van der Waals surface area (Å²) in [5, 5.41) is 41.4. The van der Waals surface area contributed by atoms with Gasteiger partial charge in [0.1, 0.15) is 0 Å². The molecule has 0 atom stereocenters. The van der Waals surface area contributed by atoms with E-state index in [1.165, 1.54) is 0 Å². The van der Waals surface area contributed by atoms with Gasteiger partial charge in [-0.1, -0.05) is 109 Å². The molecule has 0 saturated carbocycles. The maximum atomic E-state index is 10.8. The summed E-state index contributed by atoms with van der Waals surface area (Å²) >= 11 is 0. The largest absolute Gasteiger partial charge is 3.00 e. The molecule has 0 bridgehead atoms. The molecule has 0 fully saturated rings. The van der Waals surface area contributed by atoms with Crippen LogP contribution in [0, 0.1) is 57.4 Å². The van der Waals surface area contributed by atoms with E-state index < -0.39 is 0 Å². The molecule has 9 nitrogen and oxygen atoms in total. The summed E-state index contributed by atoms with van der Waals surface area (Å²) in [6.07, 6.45) is 4.93. The van der Waals surface area contributed by atoms with Crippen LogP contribution >= 0.6 is 0 Å². The van der Waals surface area contributed by atoms with E-state index in [0.29, 0.717) is 34.2 Å². The van der Waals surface area contributed by atoms with Crippen LogP contribution in [0.1, 0.15) is 33.8 Å². The van der Waals surface area contributed by atoms with Gasteiger partial charge in [0, 0.05) is 35.3 Å². The molecule has 0 amide bonds. The Labute approximate surface area is 312 Å². The van der Waals surface area contributed by atoms with Crippen molar-refractivity contribution < 1.29 is 54.2 Å². The van der Waals surface area contributed by atoms with E-state index >= 15 is 0 Å². The van der Waals surface area contributed by atoms with Gasteiger partial charge in [-0.2, -0.15) is 0 Å². The van der Waals surface area contributed by atoms with Gasteiger partial charge in [0.2, 0.25) is 0 Å². The zero-order valence-electron chi connectivity index (χ0n) is 24.9. The average molecular weight is 767 g/mol. The summed E-state index contributed by atoms with van der Waals surface area (Å²) < 4.78 is 0. The Kier molecular flexibility index (Phi) is 17.8. The van der Waals surface area contributed by atoms with Gasteiger partial charge in [-0.25, -0.2) is 0 Å². The van der Waals surface area contributed by atoms with E-state index in [1.54, 1.807) is 55.0 Å². The Hall–Kier alpha value is -4.81. The SMILES string of the molecule is [Ce+3].[Cl-].[O-]/N=C(\c1ccccc1)c1ccccn1.[O-]/N=C(\c1ccccc1)c1ccccn1.[O-]/N=C(\c1ccccc1)c1ccccn1. The summed E-state index contributed by atoms with van der Waals surface area (Å²) in [6, 6.07) is 44.1. The number of rotatable bonds is 6. The summed E-state index contributed by atoms with van der Waals surface area (Å²) in [4.78, 5) is 12.3. The number of benzene rings is 3. The number of hydrogen-bond acceptors (Lipinski definition) is 9. The molecule has 6 aromatic rings. The van der Waals surface area contributed by atoms with Crippen LogP contribution < -0.4 is 12.4 Å². The fraction of sp³-hybridized carbons (Fsp3) is 0. The molecule has 0 aliphatic rings. The van der Waals surface area contributed by atoms with Crippen molar-refractivity contribution in [3.05, 3.63) is 214 Å². The van der Waals surface area contributed by atoms with Gasteiger partial charge in [-0.15, -0.1) is 0 Å². The minimum Gasteiger partial charge on any atom is -1.00 e. The summed E-state index contributed by atoms with van der Waals surface area (Å²) in [5.41, 5.74) is 5.25. The maximum Gasteiger partial charge on any atom is 3.00 e. The maximum absolute atomic E-state index is 10.8. The molecule has 0 aliphatic heterocycles. The molecule has 6 rings (SSSR count). The van der Waals surface area contributed by atoms with Crippen molar-refractivity contribution in [2.45, 2.75) is 0 Å². The summed E-state index contributed by atoms with van der Waals surface area (Å²) in [6.45, 7) is 0. The van der Waals surface area contributed by atoms with Crippen LogP contribution in [0.15, 0.2) is 180 Å². The second kappa shape index (κ2) is 21.8. The van der Waals surface area contributed by atoms with E-state index in [9.17, 15) is 15.6 Å². The van der Waals surface area contributed by atoms with Gasteiger partial charge in [0.15, 0.2) is 0 Å². The predicted octanol–water partition coefficient (Wildman–Crippen LogP) is 4.25. The number of halogens is 1.